The van der Waals surface area contributed by atoms with Crippen molar-refractivity contribution < 1.29 is 4.79 Å². The van der Waals surface area contributed by atoms with Crippen molar-refractivity contribution in [2.45, 2.75) is 13.0 Å². The van der Waals surface area contributed by atoms with Gasteiger partial charge in [0.05, 0.1) is 6.04 Å². The number of para-hydroxylation sites is 1. The Balaban J connectivity index is 1.53. The first kappa shape index (κ1) is 15.3. The molecule has 1 atom stereocenters. The predicted octanol–water partition coefficient (Wildman–Crippen LogP) is 1.41. The van der Waals surface area contributed by atoms with Crippen molar-refractivity contribution in [1.82, 2.24) is 25.0 Å². The van der Waals surface area contributed by atoms with Gasteiger partial charge in [0.2, 0.25) is 0 Å². The van der Waals surface area contributed by atoms with Gasteiger partial charge >= 0.3 is 6.03 Å². The number of rotatable bonds is 3. The lowest BCUT2D eigenvalue weighted by Gasteiger charge is -2.36. The van der Waals surface area contributed by atoms with E-state index < -0.39 is 0 Å². The highest BCUT2D eigenvalue weighted by Gasteiger charge is 2.23. The van der Waals surface area contributed by atoms with Crippen LogP contribution < -0.4 is 10.2 Å². The van der Waals surface area contributed by atoms with E-state index in [1.807, 2.05) is 41.6 Å². The molecule has 0 aliphatic carbocycles. The van der Waals surface area contributed by atoms with Crippen LogP contribution in [0.25, 0.3) is 0 Å². The van der Waals surface area contributed by atoms with Gasteiger partial charge < -0.3 is 19.7 Å². The number of amides is 2. The fourth-order valence-electron chi connectivity index (χ4n) is 2.83. The summed E-state index contributed by atoms with van der Waals surface area (Å²) >= 11 is 0. The second-order valence-electron chi connectivity index (χ2n) is 5.78. The maximum Gasteiger partial charge on any atom is 0.318 e. The Morgan fingerprint density at radius 2 is 1.87 bits per heavy atom. The van der Waals surface area contributed by atoms with Crippen LogP contribution in [0.2, 0.25) is 0 Å². The minimum absolute atomic E-state index is 0.0480. The van der Waals surface area contributed by atoms with Crippen molar-refractivity contribution in [1.29, 1.82) is 0 Å². The van der Waals surface area contributed by atoms with Gasteiger partial charge in [-0.3, -0.25) is 0 Å². The number of piperazine rings is 1. The molecule has 122 valence electrons. The van der Waals surface area contributed by atoms with Crippen LogP contribution in [0.1, 0.15) is 18.8 Å². The summed E-state index contributed by atoms with van der Waals surface area (Å²) in [5.41, 5.74) is 1.21. The molecule has 3 rings (SSSR count). The summed E-state index contributed by atoms with van der Waals surface area (Å²) in [7, 11) is 1.87. The number of carbonyl (C=O) groups excluding carboxylic acids is 1. The molecule has 2 heterocycles. The molecule has 7 heteroatoms. The number of carbonyl (C=O) groups is 1. The van der Waals surface area contributed by atoms with Crippen LogP contribution >= 0.6 is 0 Å². The Kier molecular flexibility index (Phi) is 4.45. The van der Waals surface area contributed by atoms with Crippen molar-refractivity contribution in [3.8, 4) is 0 Å². The molecule has 7 nitrogen and oxygen atoms in total. The van der Waals surface area contributed by atoms with Gasteiger partial charge in [-0.15, -0.1) is 10.2 Å². The molecule has 0 saturated carbocycles. The zero-order valence-corrected chi connectivity index (χ0v) is 13.5. The first-order valence-corrected chi connectivity index (χ1v) is 7.84. The molecule has 0 unspecified atom stereocenters. The third-order valence-corrected chi connectivity index (χ3v) is 4.16. The van der Waals surface area contributed by atoms with Gasteiger partial charge in [-0.25, -0.2) is 4.79 Å². The topological polar surface area (TPSA) is 66.3 Å². The second-order valence-corrected chi connectivity index (χ2v) is 5.78. The standard InChI is InChI=1S/C16H22N6O/c1-13(15-19-17-12-20(15)2)18-16(23)22-10-8-21(9-11-22)14-6-4-3-5-7-14/h3-7,12-13H,8-11H2,1-2H3,(H,18,23)/t13-/m1/s1. The molecule has 1 aliphatic heterocycles. The highest BCUT2D eigenvalue weighted by molar-refractivity contribution is 5.75. The summed E-state index contributed by atoms with van der Waals surface area (Å²) in [6.45, 7) is 5.03. The largest absolute Gasteiger partial charge is 0.368 e. The van der Waals surface area contributed by atoms with Gasteiger partial charge in [0.1, 0.15) is 6.33 Å². The number of hydrogen-bond donors (Lipinski definition) is 1. The van der Waals surface area contributed by atoms with E-state index in [9.17, 15) is 4.79 Å². The van der Waals surface area contributed by atoms with Gasteiger partial charge in [0.15, 0.2) is 5.82 Å². The average molecular weight is 314 g/mol. The van der Waals surface area contributed by atoms with Gasteiger partial charge in [-0.05, 0) is 19.1 Å². The van der Waals surface area contributed by atoms with Crippen LogP contribution in [0.5, 0.6) is 0 Å². The van der Waals surface area contributed by atoms with E-state index in [0.717, 1.165) is 18.9 Å². The lowest BCUT2D eigenvalue weighted by atomic mass is 10.2. The third-order valence-electron chi connectivity index (χ3n) is 4.16. The van der Waals surface area contributed by atoms with Crippen LogP contribution in [0, 0.1) is 0 Å². The Morgan fingerprint density at radius 3 is 2.48 bits per heavy atom. The summed E-state index contributed by atoms with van der Waals surface area (Å²) in [5, 5.41) is 10.9. The number of benzene rings is 1. The van der Waals surface area contributed by atoms with E-state index in [1.165, 1.54) is 5.69 Å². The molecule has 1 fully saturated rings. The van der Waals surface area contributed by atoms with Crippen molar-refractivity contribution in [2.75, 3.05) is 31.1 Å². The monoisotopic (exact) mass is 314 g/mol. The van der Waals surface area contributed by atoms with Gasteiger partial charge in [-0.2, -0.15) is 0 Å². The number of hydrogen-bond acceptors (Lipinski definition) is 4. The van der Waals surface area contributed by atoms with Crippen molar-refractivity contribution in [3.63, 3.8) is 0 Å². The lowest BCUT2D eigenvalue weighted by molar-refractivity contribution is 0.190. The molecular formula is C16H22N6O. The summed E-state index contributed by atoms with van der Waals surface area (Å²) in [4.78, 5) is 16.6. The SMILES string of the molecule is C[C@@H](NC(=O)N1CCN(c2ccccc2)CC1)c1nncn1C. The van der Waals surface area contributed by atoms with Crippen LogP contribution in [-0.4, -0.2) is 51.9 Å². The molecule has 0 bridgehead atoms. The Hall–Kier alpha value is -2.57. The number of urea groups is 1. The van der Waals surface area contributed by atoms with E-state index in [-0.39, 0.29) is 12.1 Å². The van der Waals surface area contributed by atoms with Crippen LogP contribution in [0.15, 0.2) is 36.7 Å². The maximum absolute atomic E-state index is 12.4. The molecule has 0 radical (unpaired) electrons. The molecular weight excluding hydrogens is 292 g/mol. The summed E-state index contributed by atoms with van der Waals surface area (Å²) in [6.07, 6.45) is 1.64. The Morgan fingerprint density at radius 1 is 1.17 bits per heavy atom. The summed E-state index contributed by atoms with van der Waals surface area (Å²) < 4.78 is 1.82. The first-order chi connectivity index (χ1) is 11.1. The predicted molar refractivity (Wildman–Crippen MR) is 88.2 cm³/mol. The Bertz CT molecular complexity index is 648. The molecule has 2 amide bonds. The normalized spacial score (nSPS) is 16.3. The minimum atomic E-state index is -0.165. The number of anilines is 1. The van der Waals surface area contributed by atoms with Gasteiger partial charge in [-0.1, -0.05) is 18.2 Å². The van der Waals surface area contributed by atoms with Crippen LogP contribution in [-0.2, 0) is 7.05 Å². The summed E-state index contributed by atoms with van der Waals surface area (Å²) in [6, 6.07) is 10.1. The molecule has 1 aromatic heterocycles. The fourth-order valence-corrected chi connectivity index (χ4v) is 2.83. The molecule has 1 N–H and O–H groups in total. The van der Waals surface area contributed by atoms with E-state index in [4.69, 9.17) is 0 Å². The zero-order valence-electron chi connectivity index (χ0n) is 13.5. The van der Waals surface area contributed by atoms with E-state index >= 15 is 0 Å². The van der Waals surface area contributed by atoms with E-state index in [1.54, 1.807) is 6.33 Å². The molecule has 1 aliphatic rings. The quantitative estimate of drug-likeness (QED) is 0.930. The van der Waals surface area contributed by atoms with E-state index in [2.05, 4.69) is 32.5 Å². The molecule has 1 aromatic carbocycles. The van der Waals surface area contributed by atoms with Crippen molar-refractivity contribution >= 4 is 11.7 Å². The van der Waals surface area contributed by atoms with Crippen molar-refractivity contribution in [3.05, 3.63) is 42.5 Å². The van der Waals surface area contributed by atoms with Gasteiger partial charge in [0.25, 0.3) is 0 Å². The number of aromatic nitrogens is 3. The number of nitrogens with zero attached hydrogens (tertiary/aromatic N) is 5. The van der Waals surface area contributed by atoms with Crippen LogP contribution in [0.3, 0.4) is 0 Å². The van der Waals surface area contributed by atoms with E-state index in [0.29, 0.717) is 13.1 Å². The molecule has 2 aromatic rings. The molecule has 23 heavy (non-hydrogen) atoms. The highest BCUT2D eigenvalue weighted by Crippen LogP contribution is 2.16. The molecule has 0 spiro atoms. The summed E-state index contributed by atoms with van der Waals surface area (Å²) in [5.74, 6) is 0.751. The highest BCUT2D eigenvalue weighted by atomic mass is 16.2. The second kappa shape index (κ2) is 6.68. The smallest absolute Gasteiger partial charge is 0.318 e. The zero-order chi connectivity index (χ0) is 16.2. The van der Waals surface area contributed by atoms with Crippen molar-refractivity contribution in [2.24, 2.45) is 7.05 Å². The number of aryl methyl sites for hydroxylation is 1. The molecule has 1 saturated heterocycles. The maximum atomic E-state index is 12.4. The van der Waals surface area contributed by atoms with Gasteiger partial charge in [0, 0.05) is 38.9 Å². The lowest BCUT2D eigenvalue weighted by Crippen LogP contribution is -2.52. The third kappa shape index (κ3) is 3.44. The Labute approximate surface area is 135 Å². The van der Waals surface area contributed by atoms with Crippen LogP contribution in [0.4, 0.5) is 10.5 Å². The first-order valence-electron chi connectivity index (χ1n) is 7.84. The minimum Gasteiger partial charge on any atom is -0.368 e. The average Bonchev–Trinajstić information content (AvgIpc) is 3.02. The fraction of sp³-hybridized carbons (Fsp3) is 0.438. The number of nitrogens with one attached hydrogen (secondary N) is 1.